The highest BCUT2D eigenvalue weighted by atomic mass is 32.2. The average Bonchev–Trinajstić information content (AvgIpc) is 2.59. The molecule has 1 N–H and O–H groups in total. The van der Waals surface area contributed by atoms with E-state index >= 15 is 0 Å². The molecular formula is C17H17F3N2O3S. The molecule has 5 nitrogen and oxygen atoms in total. The normalized spacial score (nSPS) is 11.9. The number of sulfonamides is 1. The molecule has 0 bridgehead atoms. The van der Waals surface area contributed by atoms with Gasteiger partial charge in [0.1, 0.15) is 0 Å². The van der Waals surface area contributed by atoms with E-state index in [9.17, 15) is 26.4 Å². The van der Waals surface area contributed by atoms with E-state index < -0.39 is 21.8 Å². The Bertz CT molecular complexity index is 894. The molecule has 0 saturated carbocycles. The number of anilines is 1. The smallest absolute Gasteiger partial charge is 0.342 e. The van der Waals surface area contributed by atoms with Gasteiger partial charge in [-0.25, -0.2) is 8.42 Å². The van der Waals surface area contributed by atoms with Gasteiger partial charge in [0, 0.05) is 24.8 Å². The summed E-state index contributed by atoms with van der Waals surface area (Å²) in [5.41, 5.74) is -0.848. The molecule has 140 valence electrons. The van der Waals surface area contributed by atoms with E-state index in [1.807, 2.05) is 0 Å². The van der Waals surface area contributed by atoms with Crippen molar-refractivity contribution in [1.82, 2.24) is 4.90 Å². The third-order valence-corrected chi connectivity index (χ3v) is 5.07. The summed E-state index contributed by atoms with van der Waals surface area (Å²) < 4.78 is 65.0. The number of nitrogens with zero attached hydrogens (tertiary/aromatic N) is 1. The van der Waals surface area contributed by atoms with Crippen LogP contribution in [0.3, 0.4) is 0 Å². The molecule has 0 aliphatic heterocycles. The van der Waals surface area contributed by atoms with Crippen molar-refractivity contribution in [2.24, 2.45) is 0 Å². The zero-order chi connectivity index (χ0) is 19.5. The summed E-state index contributed by atoms with van der Waals surface area (Å²) in [6, 6.07) is 9.07. The summed E-state index contributed by atoms with van der Waals surface area (Å²) in [5.74, 6) is -0.262. The lowest BCUT2D eigenvalue weighted by atomic mass is 10.2. The Balaban J connectivity index is 2.24. The Morgan fingerprint density at radius 3 is 2.27 bits per heavy atom. The molecule has 2 rings (SSSR count). The third kappa shape index (κ3) is 4.54. The molecule has 0 radical (unpaired) electrons. The highest BCUT2D eigenvalue weighted by Gasteiger charge is 2.30. The predicted octanol–water partition coefficient (Wildman–Crippen LogP) is 3.60. The Kier molecular flexibility index (Phi) is 5.60. The maximum atomic E-state index is 12.7. The van der Waals surface area contributed by atoms with Crippen LogP contribution in [-0.2, 0) is 16.2 Å². The molecule has 0 spiro atoms. The summed E-state index contributed by atoms with van der Waals surface area (Å²) in [5, 5.41) is 0. The average molecular weight is 386 g/mol. The molecule has 0 fully saturated rings. The van der Waals surface area contributed by atoms with Crippen molar-refractivity contribution in [2.45, 2.75) is 18.0 Å². The van der Waals surface area contributed by atoms with Crippen molar-refractivity contribution in [3.8, 4) is 0 Å². The number of alkyl halides is 3. The standard InChI is InChI=1S/C17H17F3N2O3S/c1-3-22(2)16(23)12-7-9-15(10-8-12)26(24,25)21-14-6-4-5-13(11-14)17(18,19)20/h4-11,21H,3H2,1-2H3. The third-order valence-electron chi connectivity index (χ3n) is 3.67. The van der Waals surface area contributed by atoms with Crippen LogP contribution in [0.2, 0.25) is 0 Å². The van der Waals surface area contributed by atoms with E-state index in [-0.39, 0.29) is 16.5 Å². The first-order valence-corrected chi connectivity index (χ1v) is 9.08. The first kappa shape index (κ1) is 19.8. The second-order valence-corrected chi connectivity index (χ2v) is 7.21. The topological polar surface area (TPSA) is 66.5 Å². The number of amides is 1. The van der Waals surface area contributed by atoms with E-state index in [0.717, 1.165) is 12.1 Å². The van der Waals surface area contributed by atoms with Crippen molar-refractivity contribution in [3.05, 3.63) is 59.7 Å². The monoisotopic (exact) mass is 386 g/mol. The van der Waals surface area contributed by atoms with E-state index in [0.29, 0.717) is 18.2 Å². The number of carbonyl (C=O) groups is 1. The maximum absolute atomic E-state index is 12.7. The lowest BCUT2D eigenvalue weighted by molar-refractivity contribution is -0.137. The first-order chi connectivity index (χ1) is 12.0. The summed E-state index contributed by atoms with van der Waals surface area (Å²) in [6.07, 6.45) is -4.57. The molecule has 1 amide bonds. The van der Waals surface area contributed by atoms with Crippen LogP contribution >= 0.6 is 0 Å². The van der Waals surface area contributed by atoms with Gasteiger partial charge in [-0.3, -0.25) is 9.52 Å². The fraction of sp³-hybridized carbons (Fsp3) is 0.235. The number of hydrogen-bond acceptors (Lipinski definition) is 3. The molecule has 0 unspecified atom stereocenters. The van der Waals surface area contributed by atoms with Gasteiger partial charge in [0.05, 0.1) is 10.5 Å². The van der Waals surface area contributed by atoms with Gasteiger partial charge in [-0.2, -0.15) is 13.2 Å². The van der Waals surface area contributed by atoms with Crippen LogP contribution < -0.4 is 4.72 Å². The molecule has 0 heterocycles. The van der Waals surface area contributed by atoms with Crippen LogP contribution in [0.5, 0.6) is 0 Å². The van der Waals surface area contributed by atoms with Crippen molar-refractivity contribution in [3.63, 3.8) is 0 Å². The minimum atomic E-state index is -4.57. The Morgan fingerprint density at radius 2 is 1.73 bits per heavy atom. The number of benzene rings is 2. The summed E-state index contributed by atoms with van der Waals surface area (Å²) in [7, 11) is -2.47. The number of hydrogen-bond donors (Lipinski definition) is 1. The fourth-order valence-corrected chi connectivity index (χ4v) is 3.16. The quantitative estimate of drug-likeness (QED) is 0.854. The van der Waals surface area contributed by atoms with Crippen LogP contribution in [0, 0.1) is 0 Å². The van der Waals surface area contributed by atoms with Gasteiger partial charge in [0.25, 0.3) is 15.9 Å². The maximum Gasteiger partial charge on any atom is 0.416 e. The minimum Gasteiger partial charge on any atom is -0.342 e. The van der Waals surface area contributed by atoms with Crippen LogP contribution in [0.25, 0.3) is 0 Å². The lowest BCUT2D eigenvalue weighted by Crippen LogP contribution is -2.26. The number of rotatable bonds is 5. The highest BCUT2D eigenvalue weighted by Crippen LogP contribution is 2.31. The van der Waals surface area contributed by atoms with Crippen LogP contribution in [0.1, 0.15) is 22.8 Å². The van der Waals surface area contributed by atoms with Crippen LogP contribution in [0.15, 0.2) is 53.4 Å². The van der Waals surface area contributed by atoms with Gasteiger partial charge in [0.2, 0.25) is 0 Å². The fourth-order valence-electron chi connectivity index (χ4n) is 2.11. The van der Waals surface area contributed by atoms with Crippen LogP contribution in [0.4, 0.5) is 18.9 Å². The lowest BCUT2D eigenvalue weighted by Gasteiger charge is -2.15. The molecule has 0 aromatic heterocycles. The van der Waals surface area contributed by atoms with Gasteiger partial charge in [0.15, 0.2) is 0 Å². The molecule has 26 heavy (non-hydrogen) atoms. The van der Waals surface area contributed by atoms with E-state index in [2.05, 4.69) is 4.72 Å². The Labute approximate surface area is 149 Å². The van der Waals surface area contributed by atoms with Gasteiger partial charge in [-0.15, -0.1) is 0 Å². The van der Waals surface area contributed by atoms with Crippen LogP contribution in [-0.4, -0.2) is 32.8 Å². The molecule has 2 aromatic rings. The van der Waals surface area contributed by atoms with Gasteiger partial charge >= 0.3 is 6.18 Å². The van der Waals surface area contributed by atoms with Gasteiger partial charge in [-0.1, -0.05) is 6.07 Å². The molecule has 0 aliphatic rings. The minimum absolute atomic E-state index is 0.161. The Morgan fingerprint density at radius 1 is 1.12 bits per heavy atom. The molecule has 0 saturated heterocycles. The molecule has 9 heteroatoms. The van der Waals surface area contributed by atoms with Crippen molar-refractivity contribution < 1.29 is 26.4 Å². The second kappa shape index (κ2) is 7.36. The zero-order valence-corrected chi connectivity index (χ0v) is 14.9. The summed E-state index contributed by atoms with van der Waals surface area (Å²) in [4.78, 5) is 13.3. The second-order valence-electron chi connectivity index (χ2n) is 5.53. The highest BCUT2D eigenvalue weighted by molar-refractivity contribution is 7.92. The summed E-state index contributed by atoms with van der Waals surface area (Å²) >= 11 is 0. The largest absolute Gasteiger partial charge is 0.416 e. The molecule has 0 atom stereocenters. The van der Waals surface area contributed by atoms with Crippen molar-refractivity contribution >= 4 is 21.6 Å². The van der Waals surface area contributed by atoms with E-state index in [4.69, 9.17) is 0 Å². The zero-order valence-electron chi connectivity index (χ0n) is 14.0. The number of halogens is 3. The SMILES string of the molecule is CCN(C)C(=O)c1ccc(S(=O)(=O)Nc2cccc(C(F)(F)F)c2)cc1. The van der Waals surface area contributed by atoms with Gasteiger partial charge in [-0.05, 0) is 49.4 Å². The molecule has 0 aliphatic carbocycles. The van der Waals surface area contributed by atoms with E-state index in [1.54, 1.807) is 14.0 Å². The van der Waals surface area contributed by atoms with Crippen molar-refractivity contribution in [2.75, 3.05) is 18.3 Å². The van der Waals surface area contributed by atoms with E-state index in [1.165, 1.54) is 35.2 Å². The first-order valence-electron chi connectivity index (χ1n) is 7.60. The number of nitrogens with one attached hydrogen (secondary N) is 1. The Hall–Kier alpha value is -2.55. The van der Waals surface area contributed by atoms with Gasteiger partial charge < -0.3 is 4.90 Å². The predicted molar refractivity (Wildman–Crippen MR) is 91.3 cm³/mol. The summed E-state index contributed by atoms with van der Waals surface area (Å²) in [6.45, 7) is 2.30. The molecule has 2 aromatic carbocycles. The molecular weight excluding hydrogens is 369 g/mol. The van der Waals surface area contributed by atoms with Crippen molar-refractivity contribution in [1.29, 1.82) is 0 Å². The number of carbonyl (C=O) groups excluding carboxylic acids is 1.